The molecule has 40 heavy (non-hydrogen) atoms. The summed E-state index contributed by atoms with van der Waals surface area (Å²) in [5, 5.41) is 3.45. The van der Waals surface area contributed by atoms with Crippen molar-refractivity contribution >= 4 is 39.1 Å². The van der Waals surface area contributed by atoms with Crippen molar-refractivity contribution in [1.29, 1.82) is 0 Å². The van der Waals surface area contributed by atoms with Crippen LogP contribution >= 0.6 is 11.6 Å². The van der Waals surface area contributed by atoms with Gasteiger partial charge in [-0.2, -0.15) is 0 Å². The summed E-state index contributed by atoms with van der Waals surface area (Å²) >= 11 is 6.07. The zero-order valence-electron chi connectivity index (χ0n) is 23.8. The Bertz CT molecular complexity index is 1420. The molecule has 0 heterocycles. The number of halogens is 1. The van der Waals surface area contributed by atoms with E-state index in [-0.39, 0.29) is 17.3 Å². The highest BCUT2D eigenvalue weighted by Gasteiger charge is 2.34. The summed E-state index contributed by atoms with van der Waals surface area (Å²) in [6, 6.07) is 18.2. The molecule has 9 heteroatoms. The SMILES string of the molecule is CCCNC(=O)[C@@H](CC)N(Cc1ccc(Cl)cc1)C(=O)CN(c1cccc(C)c1C)S(=O)(=O)c1ccc(C)cc1. The van der Waals surface area contributed by atoms with Crippen LogP contribution in [0.4, 0.5) is 5.69 Å². The van der Waals surface area contributed by atoms with Crippen molar-refractivity contribution in [2.24, 2.45) is 0 Å². The van der Waals surface area contributed by atoms with E-state index in [1.807, 2.05) is 40.7 Å². The zero-order valence-corrected chi connectivity index (χ0v) is 25.3. The Morgan fingerprint density at radius 3 is 2.17 bits per heavy atom. The maximum absolute atomic E-state index is 14.1. The normalized spacial score (nSPS) is 12.1. The average Bonchev–Trinajstić information content (AvgIpc) is 2.93. The van der Waals surface area contributed by atoms with Crippen LogP contribution in [0, 0.1) is 20.8 Å². The number of rotatable bonds is 12. The second-order valence-corrected chi connectivity index (χ2v) is 12.2. The summed E-state index contributed by atoms with van der Waals surface area (Å²) < 4.78 is 29.2. The van der Waals surface area contributed by atoms with Crippen molar-refractivity contribution in [3.8, 4) is 0 Å². The van der Waals surface area contributed by atoms with Gasteiger partial charge in [0.05, 0.1) is 10.6 Å². The Hall–Kier alpha value is -3.36. The summed E-state index contributed by atoms with van der Waals surface area (Å²) in [6.45, 7) is 9.55. The van der Waals surface area contributed by atoms with E-state index >= 15 is 0 Å². The smallest absolute Gasteiger partial charge is 0.264 e. The van der Waals surface area contributed by atoms with Crippen molar-refractivity contribution in [2.75, 3.05) is 17.4 Å². The predicted molar refractivity (Wildman–Crippen MR) is 161 cm³/mol. The van der Waals surface area contributed by atoms with Crippen molar-refractivity contribution in [3.05, 3.63) is 94.0 Å². The minimum Gasteiger partial charge on any atom is -0.354 e. The Morgan fingerprint density at radius 1 is 0.925 bits per heavy atom. The number of carbonyl (C=O) groups is 2. The lowest BCUT2D eigenvalue weighted by atomic mass is 10.1. The number of nitrogens with zero attached hydrogens (tertiary/aromatic N) is 2. The molecule has 0 saturated heterocycles. The van der Waals surface area contributed by atoms with E-state index in [1.165, 1.54) is 4.90 Å². The topological polar surface area (TPSA) is 86.8 Å². The molecule has 7 nitrogen and oxygen atoms in total. The van der Waals surface area contributed by atoms with Gasteiger partial charge in [-0.25, -0.2) is 8.42 Å². The molecule has 0 bridgehead atoms. The quantitative estimate of drug-likeness (QED) is 0.292. The number of nitrogens with one attached hydrogen (secondary N) is 1. The molecule has 2 amide bonds. The van der Waals surface area contributed by atoms with E-state index < -0.39 is 28.5 Å². The zero-order chi connectivity index (χ0) is 29.4. The van der Waals surface area contributed by atoms with Crippen LogP contribution in [-0.2, 0) is 26.2 Å². The lowest BCUT2D eigenvalue weighted by Gasteiger charge is -2.33. The van der Waals surface area contributed by atoms with Gasteiger partial charge in [0.1, 0.15) is 12.6 Å². The molecular formula is C31H38ClN3O4S. The molecule has 3 aromatic rings. The molecule has 0 aliphatic carbocycles. The first-order chi connectivity index (χ1) is 19.0. The number of sulfonamides is 1. The minimum atomic E-state index is -4.12. The molecule has 1 atom stereocenters. The second-order valence-electron chi connectivity index (χ2n) is 9.91. The number of anilines is 1. The van der Waals surface area contributed by atoms with E-state index in [4.69, 9.17) is 11.6 Å². The number of benzene rings is 3. The molecule has 0 aliphatic rings. The van der Waals surface area contributed by atoms with Gasteiger partial charge in [-0.1, -0.05) is 67.4 Å². The molecule has 1 N–H and O–H groups in total. The Labute approximate surface area is 243 Å². The van der Waals surface area contributed by atoms with E-state index in [9.17, 15) is 18.0 Å². The molecule has 0 saturated carbocycles. The third-order valence-corrected chi connectivity index (χ3v) is 8.96. The highest BCUT2D eigenvalue weighted by molar-refractivity contribution is 7.92. The highest BCUT2D eigenvalue weighted by Crippen LogP contribution is 2.29. The Morgan fingerprint density at radius 2 is 1.57 bits per heavy atom. The van der Waals surface area contributed by atoms with Gasteiger partial charge in [-0.05, 0) is 80.6 Å². The first-order valence-corrected chi connectivity index (χ1v) is 15.3. The first kappa shape index (κ1) is 31.2. The molecule has 3 rings (SSSR count). The molecule has 3 aromatic carbocycles. The van der Waals surface area contributed by atoms with Gasteiger partial charge in [0, 0.05) is 18.1 Å². The molecular weight excluding hydrogens is 546 g/mol. The van der Waals surface area contributed by atoms with Crippen molar-refractivity contribution in [3.63, 3.8) is 0 Å². The average molecular weight is 584 g/mol. The fourth-order valence-electron chi connectivity index (χ4n) is 4.43. The van der Waals surface area contributed by atoms with E-state index in [1.54, 1.807) is 60.7 Å². The molecule has 0 spiro atoms. The summed E-state index contributed by atoms with van der Waals surface area (Å²) in [5.74, 6) is -0.753. The van der Waals surface area contributed by atoms with E-state index in [0.717, 1.165) is 33.0 Å². The van der Waals surface area contributed by atoms with Crippen LogP contribution in [0.2, 0.25) is 5.02 Å². The maximum atomic E-state index is 14.1. The van der Waals surface area contributed by atoms with Crippen LogP contribution in [0.3, 0.4) is 0 Å². The van der Waals surface area contributed by atoms with Gasteiger partial charge in [-0.15, -0.1) is 0 Å². The largest absolute Gasteiger partial charge is 0.354 e. The van der Waals surface area contributed by atoms with Crippen molar-refractivity contribution in [2.45, 2.75) is 64.9 Å². The van der Waals surface area contributed by atoms with Crippen molar-refractivity contribution in [1.82, 2.24) is 10.2 Å². The minimum absolute atomic E-state index is 0.0868. The molecule has 0 radical (unpaired) electrons. The van der Waals surface area contributed by atoms with Crippen LogP contribution in [0.25, 0.3) is 0 Å². The van der Waals surface area contributed by atoms with Gasteiger partial charge in [-0.3, -0.25) is 13.9 Å². The summed E-state index contributed by atoms with van der Waals surface area (Å²) in [6.07, 6.45) is 1.12. The van der Waals surface area contributed by atoms with Crippen LogP contribution in [0.5, 0.6) is 0 Å². The number of carbonyl (C=O) groups excluding carboxylic acids is 2. The third kappa shape index (κ3) is 7.43. The second kappa shape index (κ2) is 13.8. The molecule has 0 unspecified atom stereocenters. The predicted octanol–water partition coefficient (Wildman–Crippen LogP) is 5.79. The van der Waals surface area contributed by atoms with Crippen LogP contribution < -0.4 is 9.62 Å². The number of hydrogen-bond donors (Lipinski definition) is 1. The third-order valence-electron chi connectivity index (χ3n) is 6.93. The fraction of sp³-hybridized carbons (Fsp3) is 0.355. The number of aryl methyl sites for hydroxylation is 2. The number of amides is 2. The molecule has 0 fully saturated rings. The Balaban J connectivity index is 2.09. The van der Waals surface area contributed by atoms with Gasteiger partial charge in [0.25, 0.3) is 10.0 Å². The monoisotopic (exact) mass is 583 g/mol. The fourth-order valence-corrected chi connectivity index (χ4v) is 6.03. The first-order valence-electron chi connectivity index (χ1n) is 13.5. The van der Waals surface area contributed by atoms with Gasteiger partial charge in [0.2, 0.25) is 11.8 Å². The van der Waals surface area contributed by atoms with Crippen LogP contribution in [0.15, 0.2) is 71.6 Å². The lowest BCUT2D eigenvalue weighted by Crippen LogP contribution is -2.52. The summed E-state index contributed by atoms with van der Waals surface area (Å²) in [5.41, 5.74) is 3.77. The van der Waals surface area contributed by atoms with Crippen molar-refractivity contribution < 1.29 is 18.0 Å². The summed E-state index contributed by atoms with van der Waals surface area (Å²) in [7, 11) is -4.12. The highest BCUT2D eigenvalue weighted by atomic mass is 35.5. The van der Waals surface area contributed by atoms with E-state index in [2.05, 4.69) is 5.32 Å². The van der Waals surface area contributed by atoms with Gasteiger partial charge in [0.15, 0.2) is 0 Å². The van der Waals surface area contributed by atoms with Crippen LogP contribution in [0.1, 0.15) is 48.9 Å². The van der Waals surface area contributed by atoms with E-state index in [0.29, 0.717) is 23.7 Å². The maximum Gasteiger partial charge on any atom is 0.264 e. The van der Waals surface area contributed by atoms with Crippen LogP contribution in [-0.4, -0.2) is 44.3 Å². The number of hydrogen-bond acceptors (Lipinski definition) is 4. The standard InChI is InChI=1S/C31H38ClN3O4S/c1-6-19-33-31(37)28(7-2)34(20-25-13-15-26(32)16-14-25)30(36)21-35(29-10-8-9-23(4)24(29)5)40(38,39)27-17-11-22(3)12-18-27/h8-18,28H,6-7,19-21H2,1-5H3,(H,33,37)/t28-/m1/s1. The summed E-state index contributed by atoms with van der Waals surface area (Å²) in [4.78, 5) is 28.8. The molecule has 214 valence electrons. The van der Waals surface area contributed by atoms with Gasteiger partial charge >= 0.3 is 0 Å². The molecule has 0 aliphatic heterocycles. The Kier molecular flexibility index (Phi) is 10.8. The molecule has 0 aromatic heterocycles. The lowest BCUT2D eigenvalue weighted by molar-refractivity contribution is -0.140. The van der Waals surface area contributed by atoms with Gasteiger partial charge < -0.3 is 10.2 Å².